The van der Waals surface area contributed by atoms with Crippen LogP contribution >= 0.6 is 0 Å². The number of hydrogen-bond donors (Lipinski definition) is 0. The van der Waals surface area contributed by atoms with Crippen LogP contribution in [0.25, 0.3) is 0 Å². The van der Waals surface area contributed by atoms with Gasteiger partial charge in [0, 0.05) is 46.0 Å². The predicted molar refractivity (Wildman–Crippen MR) is 102 cm³/mol. The number of piperazine rings is 1. The van der Waals surface area contributed by atoms with Gasteiger partial charge in [-0.05, 0) is 25.0 Å². The summed E-state index contributed by atoms with van der Waals surface area (Å²) in [5, 5.41) is 4.16. The number of carbonyl (C=O) groups excluding carboxylic acids is 2. The minimum absolute atomic E-state index is 0.0909. The molecule has 148 valence electrons. The zero-order valence-corrected chi connectivity index (χ0v) is 15.9. The van der Waals surface area contributed by atoms with Gasteiger partial charge in [0.05, 0.1) is 23.5 Å². The van der Waals surface area contributed by atoms with Gasteiger partial charge in [-0.1, -0.05) is 12.1 Å². The number of amides is 2. The lowest BCUT2D eigenvalue weighted by molar-refractivity contribution is -0.126. The number of aromatic nitrogens is 2. The second-order valence-electron chi connectivity index (χ2n) is 7.33. The van der Waals surface area contributed by atoms with Crippen LogP contribution < -0.4 is 4.90 Å². The van der Waals surface area contributed by atoms with Crippen molar-refractivity contribution >= 4 is 17.5 Å². The molecule has 0 aliphatic carbocycles. The quantitative estimate of drug-likeness (QED) is 0.804. The topological polar surface area (TPSA) is 61.7 Å². The molecule has 2 aliphatic heterocycles. The highest BCUT2D eigenvalue weighted by Gasteiger charge is 2.36. The largest absolute Gasteiger partial charge is 0.336 e. The molecule has 2 aliphatic rings. The Kier molecular flexibility index (Phi) is 5.13. The van der Waals surface area contributed by atoms with Crippen LogP contribution in [0.5, 0.6) is 0 Å². The maximum atomic E-state index is 13.9. The van der Waals surface area contributed by atoms with Crippen LogP contribution in [0.2, 0.25) is 0 Å². The van der Waals surface area contributed by atoms with Crippen molar-refractivity contribution < 1.29 is 14.0 Å². The number of nitrogens with zero attached hydrogens (tertiary/aromatic N) is 5. The fourth-order valence-corrected chi connectivity index (χ4v) is 4.04. The molecule has 3 heterocycles. The minimum atomic E-state index is -0.496. The first-order valence-electron chi connectivity index (χ1n) is 9.62. The van der Waals surface area contributed by atoms with Crippen molar-refractivity contribution in [3.8, 4) is 0 Å². The Morgan fingerprint density at radius 3 is 2.57 bits per heavy atom. The standard InChI is InChI=1S/C20H24FN5O2/c1-23-14-15(13-22-23)26-8-4-7-18(20(26)28)24-9-11-25(12-10-24)19(27)16-5-2-3-6-17(16)21/h2-3,5-6,13-14,18H,4,7-12H2,1H3/t18-/m1/s1. The summed E-state index contributed by atoms with van der Waals surface area (Å²) in [5.41, 5.74) is 0.929. The Bertz CT molecular complexity index is 875. The summed E-state index contributed by atoms with van der Waals surface area (Å²) in [5.74, 6) is -0.692. The molecule has 0 unspecified atom stereocenters. The molecule has 2 fully saturated rings. The molecule has 7 nitrogen and oxygen atoms in total. The van der Waals surface area contributed by atoms with Crippen molar-refractivity contribution in [3.05, 3.63) is 48.0 Å². The minimum Gasteiger partial charge on any atom is -0.336 e. The molecule has 0 radical (unpaired) electrons. The van der Waals surface area contributed by atoms with E-state index >= 15 is 0 Å². The molecule has 2 amide bonds. The molecule has 2 saturated heterocycles. The smallest absolute Gasteiger partial charge is 0.256 e. The Labute approximate surface area is 163 Å². The van der Waals surface area contributed by atoms with Crippen LogP contribution in [-0.2, 0) is 11.8 Å². The van der Waals surface area contributed by atoms with Crippen molar-refractivity contribution in [1.29, 1.82) is 0 Å². The van der Waals surface area contributed by atoms with E-state index in [1.54, 1.807) is 32.8 Å². The molecule has 1 aromatic heterocycles. The monoisotopic (exact) mass is 385 g/mol. The fraction of sp³-hybridized carbons (Fsp3) is 0.450. The van der Waals surface area contributed by atoms with E-state index in [0.717, 1.165) is 18.5 Å². The van der Waals surface area contributed by atoms with Crippen LogP contribution in [0.4, 0.5) is 10.1 Å². The van der Waals surface area contributed by atoms with E-state index < -0.39 is 5.82 Å². The normalized spacial score (nSPS) is 21.2. The third kappa shape index (κ3) is 3.52. The van der Waals surface area contributed by atoms with E-state index in [4.69, 9.17) is 0 Å². The van der Waals surface area contributed by atoms with Crippen molar-refractivity contribution in [1.82, 2.24) is 19.6 Å². The molecule has 28 heavy (non-hydrogen) atoms. The SMILES string of the molecule is Cn1cc(N2CCC[C@@H](N3CCN(C(=O)c4ccccc4F)CC3)C2=O)cn1. The Hall–Kier alpha value is -2.74. The molecule has 1 atom stereocenters. The van der Waals surface area contributed by atoms with Crippen molar-refractivity contribution in [2.24, 2.45) is 7.05 Å². The van der Waals surface area contributed by atoms with Gasteiger partial charge in [-0.3, -0.25) is 19.2 Å². The number of halogens is 1. The van der Waals surface area contributed by atoms with Gasteiger partial charge >= 0.3 is 0 Å². The summed E-state index contributed by atoms with van der Waals surface area (Å²) in [4.78, 5) is 31.2. The highest BCUT2D eigenvalue weighted by atomic mass is 19.1. The fourth-order valence-electron chi connectivity index (χ4n) is 4.04. The van der Waals surface area contributed by atoms with Gasteiger partial charge in [-0.2, -0.15) is 5.10 Å². The molecule has 0 bridgehead atoms. The average Bonchev–Trinajstić information content (AvgIpc) is 3.14. The molecule has 8 heteroatoms. The van der Waals surface area contributed by atoms with E-state index in [2.05, 4.69) is 10.00 Å². The molecule has 1 aromatic carbocycles. The zero-order chi connectivity index (χ0) is 19.7. The van der Waals surface area contributed by atoms with Gasteiger partial charge < -0.3 is 9.80 Å². The second-order valence-corrected chi connectivity index (χ2v) is 7.33. The molecule has 0 saturated carbocycles. The number of carbonyl (C=O) groups is 2. The van der Waals surface area contributed by atoms with Gasteiger partial charge in [0.1, 0.15) is 5.82 Å². The molecule has 2 aromatic rings. The number of rotatable bonds is 3. The molecule has 4 rings (SSSR count). The summed E-state index contributed by atoms with van der Waals surface area (Å²) < 4.78 is 15.6. The maximum Gasteiger partial charge on any atom is 0.256 e. The first-order valence-corrected chi connectivity index (χ1v) is 9.62. The van der Waals surface area contributed by atoms with Crippen LogP contribution in [0, 0.1) is 5.82 Å². The number of piperidine rings is 1. The van der Waals surface area contributed by atoms with Gasteiger partial charge in [0.25, 0.3) is 5.91 Å². The van der Waals surface area contributed by atoms with E-state index in [-0.39, 0.29) is 23.4 Å². The van der Waals surface area contributed by atoms with E-state index in [9.17, 15) is 14.0 Å². The van der Waals surface area contributed by atoms with Gasteiger partial charge in [-0.15, -0.1) is 0 Å². The van der Waals surface area contributed by atoms with Crippen LogP contribution in [0.3, 0.4) is 0 Å². The van der Waals surface area contributed by atoms with Gasteiger partial charge in [-0.25, -0.2) is 4.39 Å². The van der Waals surface area contributed by atoms with Crippen LogP contribution in [-0.4, -0.2) is 70.2 Å². The molecule has 0 N–H and O–H groups in total. The molecule has 0 spiro atoms. The third-order valence-corrected chi connectivity index (χ3v) is 5.56. The summed E-state index contributed by atoms with van der Waals surface area (Å²) in [6.45, 7) is 2.90. The lowest BCUT2D eigenvalue weighted by Crippen LogP contribution is -2.58. The lowest BCUT2D eigenvalue weighted by atomic mass is 10.0. The lowest BCUT2D eigenvalue weighted by Gasteiger charge is -2.42. The Balaban J connectivity index is 1.40. The Morgan fingerprint density at radius 2 is 1.89 bits per heavy atom. The first-order chi connectivity index (χ1) is 13.5. The van der Waals surface area contributed by atoms with Gasteiger partial charge in [0.2, 0.25) is 5.91 Å². The summed E-state index contributed by atoms with van der Waals surface area (Å²) in [6.07, 6.45) is 5.31. The first kappa shape index (κ1) is 18.6. The van der Waals surface area contributed by atoms with E-state index in [1.165, 1.54) is 12.1 Å². The third-order valence-electron chi connectivity index (χ3n) is 5.56. The Morgan fingerprint density at radius 1 is 1.14 bits per heavy atom. The number of hydrogen-bond acceptors (Lipinski definition) is 4. The van der Waals surface area contributed by atoms with E-state index in [0.29, 0.717) is 32.7 Å². The zero-order valence-electron chi connectivity index (χ0n) is 15.9. The molecular weight excluding hydrogens is 361 g/mol. The van der Waals surface area contributed by atoms with E-state index in [1.807, 2.05) is 13.2 Å². The van der Waals surface area contributed by atoms with Crippen molar-refractivity contribution in [2.75, 3.05) is 37.6 Å². The second kappa shape index (κ2) is 7.71. The summed E-state index contributed by atoms with van der Waals surface area (Å²) in [6, 6.07) is 5.88. The van der Waals surface area contributed by atoms with Crippen LogP contribution in [0.15, 0.2) is 36.7 Å². The number of anilines is 1. The predicted octanol–water partition coefficient (Wildman–Crippen LogP) is 1.51. The van der Waals surface area contributed by atoms with Crippen molar-refractivity contribution in [2.45, 2.75) is 18.9 Å². The van der Waals surface area contributed by atoms with Gasteiger partial charge in [0.15, 0.2) is 0 Å². The molecular formula is C20H24FN5O2. The maximum absolute atomic E-state index is 13.9. The summed E-state index contributed by atoms with van der Waals surface area (Å²) >= 11 is 0. The number of aryl methyl sites for hydroxylation is 1. The highest BCUT2D eigenvalue weighted by molar-refractivity contribution is 5.98. The van der Waals surface area contributed by atoms with Crippen molar-refractivity contribution in [3.63, 3.8) is 0 Å². The average molecular weight is 385 g/mol. The van der Waals surface area contributed by atoms with Crippen LogP contribution in [0.1, 0.15) is 23.2 Å². The highest BCUT2D eigenvalue weighted by Crippen LogP contribution is 2.24. The summed E-state index contributed by atoms with van der Waals surface area (Å²) in [7, 11) is 1.83. The number of benzene rings is 1.